The highest BCUT2D eigenvalue weighted by atomic mass is 16.6. The lowest BCUT2D eigenvalue weighted by molar-refractivity contribution is -0.142. The largest absolute Gasteiger partial charge is 0.481 e. The van der Waals surface area contributed by atoms with Gasteiger partial charge in [0, 0.05) is 17.8 Å². The van der Waals surface area contributed by atoms with Gasteiger partial charge >= 0.3 is 12.1 Å². The van der Waals surface area contributed by atoms with Gasteiger partial charge in [-0.3, -0.25) is 14.9 Å². The van der Waals surface area contributed by atoms with Crippen molar-refractivity contribution in [3.05, 3.63) is 29.8 Å². The van der Waals surface area contributed by atoms with E-state index in [9.17, 15) is 14.4 Å². The van der Waals surface area contributed by atoms with E-state index < -0.39 is 23.6 Å². The van der Waals surface area contributed by atoms with Crippen LogP contribution in [0, 0.1) is 5.92 Å². The predicted molar refractivity (Wildman–Crippen MR) is 94.7 cm³/mol. The molecule has 0 radical (unpaired) electrons. The maximum atomic E-state index is 12.0. The van der Waals surface area contributed by atoms with Crippen molar-refractivity contribution in [1.82, 2.24) is 5.32 Å². The number of aliphatic carboxylic acids is 1. The predicted octanol–water partition coefficient (Wildman–Crippen LogP) is 3.26. The van der Waals surface area contributed by atoms with E-state index in [1.807, 2.05) is 0 Å². The number of anilines is 1. The molecule has 0 saturated heterocycles. The molecule has 0 fully saturated rings. The fourth-order valence-electron chi connectivity index (χ4n) is 2.09. The van der Waals surface area contributed by atoms with E-state index in [4.69, 9.17) is 9.84 Å². The number of amides is 2. The van der Waals surface area contributed by atoms with Crippen molar-refractivity contribution in [2.45, 2.75) is 46.1 Å². The van der Waals surface area contributed by atoms with Gasteiger partial charge in [-0.2, -0.15) is 0 Å². The minimum Gasteiger partial charge on any atom is -0.481 e. The van der Waals surface area contributed by atoms with Crippen LogP contribution < -0.4 is 10.6 Å². The van der Waals surface area contributed by atoms with Crippen LogP contribution in [0.15, 0.2) is 24.3 Å². The molecular formula is C18H26N2O5. The van der Waals surface area contributed by atoms with Crippen LogP contribution in [0.5, 0.6) is 0 Å². The number of hydrogen-bond acceptors (Lipinski definition) is 4. The highest BCUT2D eigenvalue weighted by molar-refractivity contribution is 5.95. The first-order valence-electron chi connectivity index (χ1n) is 8.23. The molecule has 0 saturated carbocycles. The molecule has 0 bridgehead atoms. The van der Waals surface area contributed by atoms with E-state index in [0.717, 1.165) is 0 Å². The first-order valence-corrected chi connectivity index (χ1v) is 8.23. The van der Waals surface area contributed by atoms with Gasteiger partial charge in [0.05, 0.1) is 5.92 Å². The topological polar surface area (TPSA) is 105 Å². The Morgan fingerprint density at radius 3 is 2.24 bits per heavy atom. The summed E-state index contributed by atoms with van der Waals surface area (Å²) >= 11 is 0. The Morgan fingerprint density at radius 1 is 1.16 bits per heavy atom. The lowest BCUT2D eigenvalue weighted by Crippen LogP contribution is -2.28. The van der Waals surface area contributed by atoms with Crippen molar-refractivity contribution >= 4 is 23.7 Å². The van der Waals surface area contributed by atoms with Crippen LogP contribution in [-0.4, -0.2) is 35.2 Å². The molecule has 1 aromatic rings. The summed E-state index contributed by atoms with van der Waals surface area (Å²) in [6, 6.07) is 6.36. The van der Waals surface area contributed by atoms with Gasteiger partial charge in [-0.05, 0) is 57.9 Å². The Bertz CT molecular complexity index is 605. The lowest BCUT2D eigenvalue weighted by Gasteiger charge is -2.19. The van der Waals surface area contributed by atoms with E-state index in [1.54, 1.807) is 52.0 Å². The monoisotopic (exact) mass is 350 g/mol. The summed E-state index contributed by atoms with van der Waals surface area (Å²) in [5.74, 6) is -1.60. The standard InChI is InChI=1S/C18H26N2O5/c1-5-12(16(22)23)10-11-19-15(21)13-6-8-14(9-7-13)20-17(24)25-18(2,3)4/h6-9,12H,5,10-11H2,1-4H3,(H,19,21)(H,20,24)(H,22,23). The highest BCUT2D eigenvalue weighted by Gasteiger charge is 2.17. The summed E-state index contributed by atoms with van der Waals surface area (Å²) in [6.07, 6.45) is 0.343. The zero-order chi connectivity index (χ0) is 19.0. The fourth-order valence-corrected chi connectivity index (χ4v) is 2.09. The number of ether oxygens (including phenoxy) is 1. The Balaban J connectivity index is 2.51. The Morgan fingerprint density at radius 2 is 1.76 bits per heavy atom. The Hall–Kier alpha value is -2.57. The Kier molecular flexibility index (Phi) is 7.42. The number of carbonyl (C=O) groups is 3. The summed E-state index contributed by atoms with van der Waals surface area (Å²) in [6.45, 7) is 7.41. The van der Waals surface area contributed by atoms with Crippen molar-refractivity contribution < 1.29 is 24.2 Å². The maximum absolute atomic E-state index is 12.0. The molecule has 1 aromatic carbocycles. The van der Waals surface area contributed by atoms with Crippen molar-refractivity contribution in [1.29, 1.82) is 0 Å². The minimum atomic E-state index is -0.852. The molecule has 0 spiro atoms. The molecule has 1 atom stereocenters. The number of carboxylic acid groups (broad SMARTS) is 1. The lowest BCUT2D eigenvalue weighted by atomic mass is 10.0. The highest BCUT2D eigenvalue weighted by Crippen LogP contribution is 2.13. The molecule has 1 unspecified atom stereocenters. The van der Waals surface area contributed by atoms with Crippen LogP contribution in [0.1, 0.15) is 50.9 Å². The number of hydrogen-bond donors (Lipinski definition) is 3. The van der Waals surface area contributed by atoms with Crippen LogP contribution in [0.4, 0.5) is 10.5 Å². The van der Waals surface area contributed by atoms with E-state index in [1.165, 1.54) is 0 Å². The van der Waals surface area contributed by atoms with Crippen LogP contribution in [0.25, 0.3) is 0 Å². The Labute approximate surface area is 147 Å². The summed E-state index contributed by atoms with van der Waals surface area (Å²) in [5.41, 5.74) is 0.358. The van der Waals surface area contributed by atoms with Crippen LogP contribution in [0.2, 0.25) is 0 Å². The maximum Gasteiger partial charge on any atom is 0.412 e. The fraction of sp³-hybridized carbons (Fsp3) is 0.500. The first-order chi connectivity index (χ1) is 11.6. The summed E-state index contributed by atoms with van der Waals surface area (Å²) in [4.78, 5) is 34.6. The molecule has 0 aliphatic rings. The summed E-state index contributed by atoms with van der Waals surface area (Å²) < 4.78 is 5.15. The molecule has 0 aliphatic carbocycles. The summed E-state index contributed by atoms with van der Waals surface area (Å²) in [5, 5.41) is 14.3. The number of benzene rings is 1. The second-order valence-corrected chi connectivity index (χ2v) is 6.69. The minimum absolute atomic E-state index is 0.288. The zero-order valence-corrected chi connectivity index (χ0v) is 15.1. The quantitative estimate of drug-likeness (QED) is 0.700. The smallest absolute Gasteiger partial charge is 0.412 e. The van der Waals surface area contributed by atoms with Crippen molar-refractivity contribution in [3.8, 4) is 0 Å². The van der Waals surface area contributed by atoms with Crippen LogP contribution in [0.3, 0.4) is 0 Å². The average Bonchev–Trinajstić information content (AvgIpc) is 2.49. The molecule has 0 heterocycles. The normalized spacial score (nSPS) is 12.2. The molecule has 25 heavy (non-hydrogen) atoms. The second-order valence-electron chi connectivity index (χ2n) is 6.69. The van der Waals surface area contributed by atoms with Gasteiger partial charge in [0.25, 0.3) is 5.91 Å². The SMILES string of the molecule is CCC(CCNC(=O)c1ccc(NC(=O)OC(C)(C)C)cc1)C(=O)O. The van der Waals surface area contributed by atoms with E-state index in [0.29, 0.717) is 30.6 Å². The van der Waals surface area contributed by atoms with Gasteiger partial charge in [-0.15, -0.1) is 0 Å². The van der Waals surface area contributed by atoms with E-state index in [2.05, 4.69) is 10.6 Å². The van der Waals surface area contributed by atoms with Gasteiger partial charge in [-0.25, -0.2) is 4.79 Å². The molecule has 3 N–H and O–H groups in total. The number of nitrogens with one attached hydrogen (secondary N) is 2. The van der Waals surface area contributed by atoms with Gasteiger partial charge < -0.3 is 15.2 Å². The van der Waals surface area contributed by atoms with Crippen molar-refractivity contribution in [3.63, 3.8) is 0 Å². The van der Waals surface area contributed by atoms with Crippen molar-refractivity contribution in [2.24, 2.45) is 5.92 Å². The molecule has 0 aromatic heterocycles. The molecule has 1 rings (SSSR count). The molecule has 7 heteroatoms. The van der Waals surface area contributed by atoms with E-state index in [-0.39, 0.29) is 5.91 Å². The molecule has 0 aliphatic heterocycles. The second kappa shape index (κ2) is 9.05. The number of carboxylic acids is 1. The van der Waals surface area contributed by atoms with Crippen LogP contribution in [-0.2, 0) is 9.53 Å². The molecule has 7 nitrogen and oxygen atoms in total. The van der Waals surface area contributed by atoms with Gasteiger partial charge in [0.1, 0.15) is 5.60 Å². The summed E-state index contributed by atoms with van der Waals surface area (Å²) in [7, 11) is 0. The third kappa shape index (κ3) is 7.69. The number of rotatable bonds is 7. The van der Waals surface area contributed by atoms with Crippen LogP contribution >= 0.6 is 0 Å². The van der Waals surface area contributed by atoms with E-state index >= 15 is 0 Å². The van der Waals surface area contributed by atoms with Gasteiger partial charge in [0.2, 0.25) is 0 Å². The number of carbonyl (C=O) groups excluding carboxylic acids is 2. The van der Waals surface area contributed by atoms with Gasteiger partial charge in [0.15, 0.2) is 0 Å². The zero-order valence-electron chi connectivity index (χ0n) is 15.1. The average molecular weight is 350 g/mol. The van der Waals surface area contributed by atoms with Gasteiger partial charge in [-0.1, -0.05) is 6.92 Å². The molecule has 2 amide bonds. The third-order valence-corrected chi connectivity index (χ3v) is 3.41. The van der Waals surface area contributed by atoms with Crippen molar-refractivity contribution in [2.75, 3.05) is 11.9 Å². The first kappa shape index (κ1) is 20.5. The molecular weight excluding hydrogens is 324 g/mol. The third-order valence-electron chi connectivity index (χ3n) is 3.41. The molecule has 138 valence electrons.